The molecule has 0 radical (unpaired) electrons. The predicted molar refractivity (Wildman–Crippen MR) is 172 cm³/mol. The molecule has 7 aromatic rings. The molecular formula is C38H25N3O2. The van der Waals surface area contributed by atoms with Gasteiger partial charge < -0.3 is 19.4 Å². The fourth-order valence-corrected chi connectivity index (χ4v) is 6.39. The molecule has 9 rings (SSSR count). The number of anilines is 2. The molecule has 1 N–H and O–H groups in total. The van der Waals surface area contributed by atoms with Crippen LogP contribution in [0, 0.1) is 0 Å². The number of benzene rings is 5. The number of hydrogen-bond donors (Lipinski definition) is 1. The maximum absolute atomic E-state index is 6.58. The van der Waals surface area contributed by atoms with Gasteiger partial charge in [0.2, 0.25) is 5.71 Å². The summed E-state index contributed by atoms with van der Waals surface area (Å²) >= 11 is 0. The highest BCUT2D eigenvalue weighted by Crippen LogP contribution is 2.47. The molecule has 2 aliphatic heterocycles. The van der Waals surface area contributed by atoms with Crippen LogP contribution in [-0.4, -0.2) is 4.98 Å². The maximum atomic E-state index is 6.58. The number of ether oxygens (including phenoxy) is 1. The van der Waals surface area contributed by atoms with E-state index in [4.69, 9.17) is 9.15 Å². The van der Waals surface area contributed by atoms with E-state index >= 15 is 0 Å². The first kappa shape index (κ1) is 23.9. The lowest BCUT2D eigenvalue weighted by Gasteiger charge is -2.31. The van der Waals surface area contributed by atoms with Gasteiger partial charge in [-0.15, -0.1) is 0 Å². The molecule has 5 heteroatoms. The fourth-order valence-electron chi connectivity index (χ4n) is 6.39. The molecule has 2 aliphatic rings. The molecule has 0 fully saturated rings. The quantitative estimate of drug-likeness (QED) is 0.234. The molecule has 0 bridgehead atoms. The van der Waals surface area contributed by atoms with Gasteiger partial charge in [-0.2, -0.15) is 0 Å². The Morgan fingerprint density at radius 3 is 2.51 bits per heavy atom. The Morgan fingerprint density at radius 2 is 1.56 bits per heavy atom. The van der Waals surface area contributed by atoms with Crippen molar-refractivity contribution in [2.75, 3.05) is 4.90 Å². The normalized spacial score (nSPS) is 15.4. The second-order valence-electron chi connectivity index (χ2n) is 10.9. The summed E-state index contributed by atoms with van der Waals surface area (Å²) in [6.07, 6.45) is 5.93. The lowest BCUT2D eigenvalue weighted by atomic mass is 9.99. The van der Waals surface area contributed by atoms with Crippen molar-refractivity contribution in [2.45, 2.75) is 6.04 Å². The zero-order valence-electron chi connectivity index (χ0n) is 23.1. The predicted octanol–water partition coefficient (Wildman–Crippen LogP) is 9.40. The van der Waals surface area contributed by atoms with E-state index in [0.29, 0.717) is 5.71 Å². The number of pyridine rings is 1. The highest BCUT2D eigenvalue weighted by atomic mass is 16.5. The third-order valence-corrected chi connectivity index (χ3v) is 8.40. The molecule has 2 aromatic heterocycles. The summed E-state index contributed by atoms with van der Waals surface area (Å²) in [6, 6.07) is 42.1. The van der Waals surface area contributed by atoms with Crippen LogP contribution in [0.5, 0.6) is 5.75 Å². The topological polar surface area (TPSA) is 50.5 Å². The molecule has 0 saturated heterocycles. The molecule has 0 amide bonds. The van der Waals surface area contributed by atoms with Crippen LogP contribution in [0.15, 0.2) is 156 Å². The molecule has 1 atom stereocenters. The molecule has 0 saturated carbocycles. The molecule has 204 valence electrons. The van der Waals surface area contributed by atoms with Gasteiger partial charge in [0.1, 0.15) is 17.4 Å². The Morgan fingerprint density at radius 1 is 0.721 bits per heavy atom. The summed E-state index contributed by atoms with van der Waals surface area (Å²) < 4.78 is 12.8. The maximum Gasteiger partial charge on any atom is 0.229 e. The van der Waals surface area contributed by atoms with Crippen molar-refractivity contribution in [3.63, 3.8) is 0 Å². The molecule has 0 spiro atoms. The van der Waals surface area contributed by atoms with E-state index in [2.05, 4.69) is 106 Å². The Bertz CT molecular complexity index is 2260. The smallest absolute Gasteiger partial charge is 0.229 e. The molecule has 43 heavy (non-hydrogen) atoms. The fraction of sp³-hybridized carbons (Fsp3) is 0.0263. The molecule has 0 aliphatic carbocycles. The van der Waals surface area contributed by atoms with Gasteiger partial charge in [-0.25, -0.2) is 4.98 Å². The number of allylic oxidation sites excluding steroid dienone is 1. The van der Waals surface area contributed by atoms with Crippen molar-refractivity contribution in [2.24, 2.45) is 0 Å². The minimum atomic E-state index is -0.0812. The summed E-state index contributed by atoms with van der Waals surface area (Å²) in [4.78, 5) is 6.91. The van der Waals surface area contributed by atoms with Crippen molar-refractivity contribution in [3.05, 3.63) is 157 Å². The summed E-state index contributed by atoms with van der Waals surface area (Å²) in [5, 5.41) is 7.84. The van der Waals surface area contributed by atoms with Crippen molar-refractivity contribution in [1.29, 1.82) is 0 Å². The van der Waals surface area contributed by atoms with Crippen LogP contribution in [0.25, 0.3) is 44.0 Å². The number of para-hydroxylation sites is 2. The third kappa shape index (κ3) is 3.75. The largest absolute Gasteiger partial charge is 0.457 e. The van der Waals surface area contributed by atoms with Crippen molar-refractivity contribution in [1.82, 2.24) is 10.3 Å². The summed E-state index contributed by atoms with van der Waals surface area (Å²) in [5.41, 5.74) is 7.86. The lowest BCUT2D eigenvalue weighted by molar-refractivity contribution is 0.408. The zero-order chi connectivity index (χ0) is 28.3. The third-order valence-electron chi connectivity index (χ3n) is 8.40. The van der Waals surface area contributed by atoms with E-state index in [0.717, 1.165) is 55.9 Å². The highest BCUT2D eigenvalue weighted by molar-refractivity contribution is 6.11. The zero-order valence-corrected chi connectivity index (χ0v) is 23.1. The van der Waals surface area contributed by atoms with Crippen LogP contribution in [-0.2, 0) is 0 Å². The molecule has 4 heterocycles. The van der Waals surface area contributed by atoms with E-state index in [1.54, 1.807) is 0 Å². The SMILES string of the molecule is C1=CC(N(c2ccc3ccc(-c4ccccc4)cc3c2)c2ccnc3oc4ccccc4c23)=C2Oc3ccccc3C2N1. The van der Waals surface area contributed by atoms with Crippen molar-refractivity contribution < 1.29 is 9.15 Å². The Balaban J connectivity index is 1.30. The van der Waals surface area contributed by atoms with E-state index in [1.807, 2.05) is 48.8 Å². The van der Waals surface area contributed by atoms with Gasteiger partial charge in [-0.3, -0.25) is 0 Å². The number of hydrogen-bond acceptors (Lipinski definition) is 5. The average molecular weight is 556 g/mol. The number of aromatic nitrogens is 1. The van der Waals surface area contributed by atoms with Crippen molar-refractivity contribution in [3.8, 4) is 16.9 Å². The lowest BCUT2D eigenvalue weighted by Crippen LogP contribution is -2.27. The van der Waals surface area contributed by atoms with Crippen LogP contribution in [0.2, 0.25) is 0 Å². The number of nitrogens with one attached hydrogen (secondary N) is 1. The number of nitrogens with zero attached hydrogens (tertiary/aromatic N) is 2. The first-order valence-corrected chi connectivity index (χ1v) is 14.4. The minimum Gasteiger partial charge on any atom is -0.457 e. The van der Waals surface area contributed by atoms with Crippen LogP contribution in [0.4, 0.5) is 11.4 Å². The minimum absolute atomic E-state index is 0.0812. The highest BCUT2D eigenvalue weighted by Gasteiger charge is 2.35. The molecule has 5 nitrogen and oxygen atoms in total. The number of fused-ring (bicyclic) bond motifs is 7. The molecular weight excluding hydrogens is 530 g/mol. The summed E-state index contributed by atoms with van der Waals surface area (Å²) in [7, 11) is 0. The second-order valence-corrected chi connectivity index (χ2v) is 10.9. The van der Waals surface area contributed by atoms with Gasteiger partial charge in [0, 0.05) is 22.8 Å². The van der Waals surface area contributed by atoms with Crippen LogP contribution >= 0.6 is 0 Å². The molecule has 1 unspecified atom stereocenters. The van der Waals surface area contributed by atoms with Crippen molar-refractivity contribution >= 4 is 44.2 Å². The van der Waals surface area contributed by atoms with E-state index < -0.39 is 0 Å². The van der Waals surface area contributed by atoms with Gasteiger partial charge in [0.25, 0.3) is 0 Å². The van der Waals surface area contributed by atoms with Crippen LogP contribution < -0.4 is 15.0 Å². The Hall–Kier alpha value is -5.81. The first-order chi connectivity index (χ1) is 21.3. The van der Waals surface area contributed by atoms with Gasteiger partial charge in [-0.05, 0) is 70.6 Å². The second kappa shape index (κ2) is 9.36. The summed E-state index contributed by atoms with van der Waals surface area (Å²) in [5.74, 6) is 1.73. The summed E-state index contributed by atoms with van der Waals surface area (Å²) in [6.45, 7) is 0. The molecule has 5 aromatic carbocycles. The average Bonchev–Trinajstić information content (AvgIpc) is 3.64. The van der Waals surface area contributed by atoms with Crippen LogP contribution in [0.1, 0.15) is 11.6 Å². The number of rotatable bonds is 4. The first-order valence-electron chi connectivity index (χ1n) is 14.4. The van der Waals surface area contributed by atoms with E-state index in [-0.39, 0.29) is 6.04 Å². The number of furan rings is 1. The van der Waals surface area contributed by atoms with Gasteiger partial charge in [0.05, 0.1) is 16.8 Å². The van der Waals surface area contributed by atoms with Gasteiger partial charge >= 0.3 is 0 Å². The van der Waals surface area contributed by atoms with E-state index in [1.165, 1.54) is 16.5 Å². The van der Waals surface area contributed by atoms with Crippen LogP contribution in [0.3, 0.4) is 0 Å². The van der Waals surface area contributed by atoms with E-state index in [9.17, 15) is 0 Å². The Labute approximate surface area is 248 Å². The van der Waals surface area contributed by atoms with Gasteiger partial charge in [-0.1, -0.05) is 84.9 Å². The standard InChI is InChI=1S/C38H25N3O2/c1-2-8-24(9-3-1)26-15-14-25-16-17-28(23-27(25)22-26)41(31-18-21-40-38-35(31)29-10-4-6-12-33(29)43-38)32-19-20-39-36-30-11-5-7-13-34(30)42-37(32)36/h1-23,36,39H. The Kier molecular flexibility index (Phi) is 5.19. The monoisotopic (exact) mass is 555 g/mol. The number of dihydropyridines is 1. The van der Waals surface area contributed by atoms with Gasteiger partial charge in [0.15, 0.2) is 5.76 Å².